The van der Waals surface area contributed by atoms with E-state index < -0.39 is 0 Å². The molecule has 0 heterocycles. The number of benzene rings is 1. The fraction of sp³-hybridized carbons (Fsp3) is 0.188. The third-order valence-corrected chi connectivity index (χ3v) is 3.32. The Balaban J connectivity index is 2.90. The largest absolute Gasteiger partial charge is 0.294 e. The lowest BCUT2D eigenvalue weighted by Crippen LogP contribution is -2.05. The molecule has 0 radical (unpaired) electrons. The summed E-state index contributed by atoms with van der Waals surface area (Å²) in [6.45, 7) is 5.43. The number of hydrogen-bond acceptors (Lipinski definition) is 2. The molecule has 0 atom stereocenters. The van der Waals surface area contributed by atoms with Crippen LogP contribution in [0.15, 0.2) is 59.6 Å². The highest BCUT2D eigenvalue weighted by Gasteiger charge is 2.09. The van der Waals surface area contributed by atoms with Gasteiger partial charge in [0, 0.05) is 16.9 Å². The fourth-order valence-electron chi connectivity index (χ4n) is 1.66. The Labute approximate surface area is 117 Å². The highest BCUT2D eigenvalue weighted by molar-refractivity contribution is 7.98. The maximum absolute atomic E-state index is 13.6. The first-order chi connectivity index (χ1) is 9.12. The van der Waals surface area contributed by atoms with Gasteiger partial charge in [0.25, 0.3) is 0 Å². The number of hydrogen-bond donors (Lipinski definition) is 0. The van der Waals surface area contributed by atoms with Gasteiger partial charge in [-0.2, -0.15) is 0 Å². The number of rotatable bonds is 6. The molecule has 0 aliphatic carbocycles. The van der Waals surface area contributed by atoms with Gasteiger partial charge in [-0.3, -0.25) is 4.79 Å². The lowest BCUT2D eigenvalue weighted by atomic mass is 10.0. The van der Waals surface area contributed by atoms with E-state index in [1.54, 1.807) is 36.4 Å². The van der Waals surface area contributed by atoms with E-state index in [1.165, 1.54) is 17.8 Å². The molecule has 0 amide bonds. The van der Waals surface area contributed by atoms with Crippen molar-refractivity contribution in [3.8, 4) is 0 Å². The highest BCUT2D eigenvalue weighted by atomic mass is 32.2. The average Bonchev–Trinajstić information content (AvgIpc) is 2.38. The molecule has 0 bridgehead atoms. The number of ketones is 1. The molecule has 0 saturated heterocycles. The molecule has 1 rings (SSSR count). The summed E-state index contributed by atoms with van der Waals surface area (Å²) in [5.74, 6) is -0.326. The second-order valence-corrected chi connectivity index (χ2v) is 4.77. The Morgan fingerprint density at radius 2 is 2.21 bits per heavy atom. The molecule has 3 heteroatoms. The Kier molecular flexibility index (Phi) is 6.30. The number of Topliss-reactive ketones (excluding diaryl/α,β-unsaturated/α-hetero) is 1. The van der Waals surface area contributed by atoms with Crippen molar-refractivity contribution in [1.82, 2.24) is 0 Å². The van der Waals surface area contributed by atoms with Gasteiger partial charge < -0.3 is 0 Å². The molecular formula is C16H17FOS. The summed E-state index contributed by atoms with van der Waals surface area (Å²) in [5.41, 5.74) is 1.26. The third kappa shape index (κ3) is 4.52. The Morgan fingerprint density at radius 1 is 1.47 bits per heavy atom. The lowest BCUT2D eigenvalue weighted by molar-refractivity contribution is -0.114. The van der Waals surface area contributed by atoms with E-state index in [2.05, 4.69) is 6.58 Å². The maximum Gasteiger partial charge on any atom is 0.167 e. The van der Waals surface area contributed by atoms with Gasteiger partial charge in [-0.25, -0.2) is 4.39 Å². The predicted molar refractivity (Wildman–Crippen MR) is 80.0 cm³/mol. The minimum absolute atomic E-state index is 0.0469. The second kappa shape index (κ2) is 7.74. The Morgan fingerprint density at radius 3 is 2.74 bits per heavy atom. The van der Waals surface area contributed by atoms with Gasteiger partial charge in [-0.15, -0.1) is 11.8 Å². The van der Waals surface area contributed by atoms with Crippen LogP contribution in [0.5, 0.6) is 0 Å². The second-order valence-electron chi connectivity index (χ2n) is 3.93. The summed E-state index contributed by atoms with van der Waals surface area (Å²) in [7, 11) is 0. The van der Waals surface area contributed by atoms with Gasteiger partial charge in [-0.05, 0) is 30.9 Å². The summed E-state index contributed by atoms with van der Waals surface area (Å²) in [4.78, 5) is 12.7. The van der Waals surface area contributed by atoms with E-state index >= 15 is 0 Å². The molecule has 19 heavy (non-hydrogen) atoms. The van der Waals surface area contributed by atoms with Crippen molar-refractivity contribution in [3.05, 3.63) is 66.0 Å². The standard InChI is InChI=1S/C16H17FOS/c1-4-6-13(7-5-2)15(18)11-12-8-9-16(19-3)14(17)10-12/h4-10H,1,11H2,2-3H3/b7-5-,13-6+. The molecule has 0 aliphatic heterocycles. The molecule has 1 nitrogen and oxygen atoms in total. The molecule has 0 N–H and O–H groups in total. The van der Waals surface area contributed by atoms with Gasteiger partial charge in [-0.1, -0.05) is 36.9 Å². The first-order valence-electron chi connectivity index (χ1n) is 5.93. The molecule has 0 saturated carbocycles. The zero-order chi connectivity index (χ0) is 14.3. The van der Waals surface area contributed by atoms with Crippen LogP contribution in [0.3, 0.4) is 0 Å². The molecular weight excluding hydrogens is 259 g/mol. The van der Waals surface area contributed by atoms with Crippen molar-refractivity contribution >= 4 is 17.5 Å². The van der Waals surface area contributed by atoms with Gasteiger partial charge in [0.15, 0.2) is 5.78 Å². The molecule has 0 fully saturated rings. The van der Waals surface area contributed by atoms with E-state index in [-0.39, 0.29) is 18.0 Å². The highest BCUT2D eigenvalue weighted by Crippen LogP contribution is 2.20. The summed E-state index contributed by atoms with van der Waals surface area (Å²) in [5, 5.41) is 0. The van der Waals surface area contributed by atoms with Crippen LogP contribution in [0.2, 0.25) is 0 Å². The topological polar surface area (TPSA) is 17.1 Å². The third-order valence-electron chi connectivity index (χ3n) is 2.55. The van der Waals surface area contributed by atoms with Crippen LogP contribution in [0, 0.1) is 5.82 Å². The molecule has 0 spiro atoms. The summed E-state index contributed by atoms with van der Waals surface area (Å²) in [6.07, 6.45) is 8.77. The Bertz CT molecular complexity index is 530. The van der Waals surface area contributed by atoms with Crippen molar-refractivity contribution in [2.75, 3.05) is 6.26 Å². The minimum Gasteiger partial charge on any atom is -0.294 e. The molecule has 1 aromatic carbocycles. The van der Waals surface area contributed by atoms with Crippen LogP contribution in [-0.4, -0.2) is 12.0 Å². The van der Waals surface area contributed by atoms with Crippen molar-refractivity contribution in [3.63, 3.8) is 0 Å². The normalized spacial score (nSPS) is 11.8. The van der Waals surface area contributed by atoms with E-state index in [9.17, 15) is 9.18 Å². The lowest BCUT2D eigenvalue weighted by Gasteiger charge is -2.04. The van der Waals surface area contributed by atoms with Gasteiger partial charge in [0.1, 0.15) is 5.82 Å². The van der Waals surface area contributed by atoms with Gasteiger partial charge in [0.05, 0.1) is 0 Å². The van der Waals surface area contributed by atoms with E-state index in [1.807, 2.05) is 13.2 Å². The SMILES string of the molecule is C=C/C=C(\C=C/C)C(=O)Cc1ccc(SC)c(F)c1. The average molecular weight is 276 g/mol. The first kappa shape index (κ1) is 15.4. The number of allylic oxidation sites excluding steroid dienone is 5. The van der Waals surface area contributed by atoms with E-state index in [0.29, 0.717) is 16.0 Å². The van der Waals surface area contributed by atoms with Gasteiger partial charge in [0.2, 0.25) is 0 Å². The molecule has 1 aromatic rings. The zero-order valence-electron chi connectivity index (χ0n) is 11.2. The zero-order valence-corrected chi connectivity index (χ0v) is 12.0. The van der Waals surface area contributed by atoms with Crippen LogP contribution in [-0.2, 0) is 11.2 Å². The van der Waals surface area contributed by atoms with Gasteiger partial charge >= 0.3 is 0 Å². The molecule has 0 aromatic heterocycles. The monoisotopic (exact) mass is 276 g/mol. The maximum atomic E-state index is 13.6. The Hall–Kier alpha value is -1.61. The first-order valence-corrected chi connectivity index (χ1v) is 7.15. The van der Waals surface area contributed by atoms with Crippen molar-refractivity contribution in [1.29, 1.82) is 0 Å². The molecule has 100 valence electrons. The summed E-state index contributed by atoms with van der Waals surface area (Å²) in [6, 6.07) is 4.91. The summed E-state index contributed by atoms with van der Waals surface area (Å²) >= 11 is 1.35. The van der Waals surface area contributed by atoms with Crippen LogP contribution in [0.25, 0.3) is 0 Å². The van der Waals surface area contributed by atoms with Crippen molar-refractivity contribution in [2.45, 2.75) is 18.2 Å². The number of halogens is 1. The molecule has 0 unspecified atom stereocenters. The minimum atomic E-state index is -0.280. The fourth-order valence-corrected chi connectivity index (χ4v) is 2.11. The van der Waals surface area contributed by atoms with E-state index in [4.69, 9.17) is 0 Å². The number of thioether (sulfide) groups is 1. The predicted octanol–water partition coefficient (Wildman–Crippen LogP) is 4.35. The number of carbonyl (C=O) groups excluding carboxylic acids is 1. The number of carbonyl (C=O) groups is 1. The van der Waals surface area contributed by atoms with Crippen molar-refractivity contribution < 1.29 is 9.18 Å². The molecule has 0 aliphatic rings. The van der Waals surface area contributed by atoms with Crippen LogP contribution in [0.1, 0.15) is 12.5 Å². The van der Waals surface area contributed by atoms with Crippen molar-refractivity contribution in [2.24, 2.45) is 0 Å². The van der Waals surface area contributed by atoms with Crippen LogP contribution < -0.4 is 0 Å². The van der Waals surface area contributed by atoms with Crippen LogP contribution in [0.4, 0.5) is 4.39 Å². The van der Waals surface area contributed by atoms with Crippen LogP contribution >= 0.6 is 11.8 Å². The van der Waals surface area contributed by atoms with E-state index in [0.717, 1.165) is 0 Å². The smallest absolute Gasteiger partial charge is 0.167 e. The summed E-state index contributed by atoms with van der Waals surface area (Å²) < 4.78 is 13.6. The quantitative estimate of drug-likeness (QED) is 0.436.